The number of ketones is 1. The van der Waals surface area contributed by atoms with Gasteiger partial charge in [0.05, 0.1) is 11.5 Å². The molecule has 1 N–H and O–H groups in total. The highest BCUT2D eigenvalue weighted by Crippen LogP contribution is 2.35. The molecule has 162 valence electrons. The number of carbonyl (C=O) groups excluding carboxylic acids is 1. The Morgan fingerprint density at radius 2 is 1.74 bits per heavy atom. The van der Waals surface area contributed by atoms with Gasteiger partial charge >= 0.3 is 0 Å². The van der Waals surface area contributed by atoms with E-state index in [-0.39, 0.29) is 35.8 Å². The third-order valence-electron chi connectivity index (χ3n) is 4.48. The van der Waals surface area contributed by atoms with Crippen LogP contribution in [0.5, 0.6) is 0 Å². The van der Waals surface area contributed by atoms with Crippen LogP contribution >= 0.6 is 11.6 Å². The number of aromatic amines is 1. The first-order chi connectivity index (χ1) is 14.7. The van der Waals surface area contributed by atoms with E-state index < -0.39 is 14.9 Å². The second kappa shape index (κ2) is 9.27. The molecule has 0 radical (unpaired) electrons. The fraction of sp³-hybridized carbons (Fsp3) is 0.200. The highest BCUT2D eigenvalue weighted by atomic mass is 35.5. The van der Waals surface area contributed by atoms with Gasteiger partial charge in [-0.2, -0.15) is 5.10 Å². The zero-order valence-corrected chi connectivity index (χ0v) is 17.9. The first kappa shape index (κ1) is 22.4. The number of carbonyl (C=O) groups is 1. The van der Waals surface area contributed by atoms with Gasteiger partial charge in [0, 0.05) is 28.8 Å². The number of nitrogens with one attached hydrogen (secondary N) is 1. The molecule has 0 bridgehead atoms. The summed E-state index contributed by atoms with van der Waals surface area (Å²) in [5.74, 6) is -0.289. The van der Waals surface area contributed by atoms with Crippen LogP contribution in [0.25, 0.3) is 22.4 Å². The van der Waals surface area contributed by atoms with Gasteiger partial charge in [0.1, 0.15) is 11.4 Å². The summed E-state index contributed by atoms with van der Waals surface area (Å²) in [4.78, 5) is 27.5. The van der Waals surface area contributed by atoms with Crippen LogP contribution in [0, 0.1) is 10.1 Å². The van der Waals surface area contributed by atoms with E-state index in [0.29, 0.717) is 27.4 Å². The standard InChI is InChI=1S/C20H18ClN3O6S/c1-31(28,29)16-10-6-14(7-11-16)19-18(13-4-8-15(21)9-5-13)20(23-22-19)17(25)3-2-12-30-24(26)27/h4-11H,2-3,12H2,1H3,(H,22,23). The van der Waals surface area contributed by atoms with Gasteiger partial charge in [-0.15, -0.1) is 10.1 Å². The number of Topliss-reactive ketones (excluding diaryl/α,β-unsaturated/α-hetero) is 1. The molecule has 3 rings (SSSR count). The molecule has 0 fully saturated rings. The molecule has 0 saturated carbocycles. The van der Waals surface area contributed by atoms with Crippen molar-refractivity contribution in [2.75, 3.05) is 12.9 Å². The van der Waals surface area contributed by atoms with Gasteiger partial charge in [0.15, 0.2) is 15.6 Å². The van der Waals surface area contributed by atoms with Crippen LogP contribution in [0.3, 0.4) is 0 Å². The number of H-pyrrole nitrogens is 1. The lowest BCUT2D eigenvalue weighted by atomic mass is 9.96. The molecule has 0 spiro atoms. The highest BCUT2D eigenvalue weighted by Gasteiger charge is 2.22. The van der Waals surface area contributed by atoms with Crippen LogP contribution in [0.15, 0.2) is 53.4 Å². The molecule has 0 aliphatic carbocycles. The minimum atomic E-state index is -3.35. The van der Waals surface area contributed by atoms with Crippen molar-refractivity contribution in [2.45, 2.75) is 17.7 Å². The average Bonchev–Trinajstić information content (AvgIpc) is 3.16. The molecule has 0 amide bonds. The molecule has 0 aliphatic rings. The van der Waals surface area contributed by atoms with Crippen molar-refractivity contribution in [2.24, 2.45) is 0 Å². The Labute approximate surface area is 183 Å². The Bertz CT molecular complexity index is 1200. The van der Waals surface area contributed by atoms with E-state index in [4.69, 9.17) is 11.6 Å². The monoisotopic (exact) mass is 463 g/mol. The van der Waals surface area contributed by atoms with E-state index in [1.54, 1.807) is 36.4 Å². The largest absolute Gasteiger partial charge is 0.314 e. The summed E-state index contributed by atoms with van der Waals surface area (Å²) in [5, 5.41) is 16.9. The Hall–Kier alpha value is -3.24. The van der Waals surface area contributed by atoms with Gasteiger partial charge in [-0.05, 0) is 36.2 Å². The lowest BCUT2D eigenvalue weighted by Crippen LogP contribution is -2.07. The van der Waals surface area contributed by atoms with Gasteiger partial charge in [0.2, 0.25) is 0 Å². The molecule has 0 aliphatic heterocycles. The first-order valence-corrected chi connectivity index (χ1v) is 11.4. The Balaban J connectivity index is 1.99. The lowest BCUT2D eigenvalue weighted by molar-refractivity contribution is -0.757. The van der Waals surface area contributed by atoms with Gasteiger partial charge in [-0.25, -0.2) is 8.42 Å². The number of hydrogen-bond donors (Lipinski definition) is 1. The lowest BCUT2D eigenvalue weighted by Gasteiger charge is -2.07. The van der Waals surface area contributed by atoms with Crippen molar-refractivity contribution in [1.29, 1.82) is 0 Å². The highest BCUT2D eigenvalue weighted by molar-refractivity contribution is 7.90. The minimum absolute atomic E-state index is 0.0169. The van der Waals surface area contributed by atoms with Crippen molar-refractivity contribution < 1.29 is 23.1 Å². The van der Waals surface area contributed by atoms with E-state index in [2.05, 4.69) is 15.0 Å². The summed E-state index contributed by atoms with van der Waals surface area (Å²) < 4.78 is 23.5. The van der Waals surface area contributed by atoms with Crippen molar-refractivity contribution in [3.05, 3.63) is 69.4 Å². The summed E-state index contributed by atoms with van der Waals surface area (Å²) in [7, 11) is -3.35. The summed E-state index contributed by atoms with van der Waals surface area (Å²) in [6, 6.07) is 13.0. The number of hydrogen-bond acceptors (Lipinski definition) is 7. The zero-order chi connectivity index (χ0) is 22.6. The van der Waals surface area contributed by atoms with Crippen LogP contribution in [0.2, 0.25) is 5.02 Å². The van der Waals surface area contributed by atoms with Crippen molar-refractivity contribution in [1.82, 2.24) is 10.2 Å². The molecule has 3 aromatic rings. The second-order valence-corrected chi connectivity index (χ2v) is 9.16. The quantitative estimate of drug-likeness (QED) is 0.219. The SMILES string of the molecule is CS(=O)(=O)c1ccc(-c2n[nH]c(C(=O)CCCO[N+](=O)[O-])c2-c2ccc(Cl)cc2)cc1. The van der Waals surface area contributed by atoms with Crippen molar-refractivity contribution in [3.63, 3.8) is 0 Å². The molecule has 0 atom stereocenters. The van der Waals surface area contributed by atoms with E-state index in [9.17, 15) is 23.3 Å². The number of halogens is 1. The van der Waals surface area contributed by atoms with Crippen LogP contribution in [-0.4, -0.2) is 42.3 Å². The van der Waals surface area contributed by atoms with Crippen molar-refractivity contribution >= 4 is 27.2 Å². The topological polar surface area (TPSA) is 132 Å². The van der Waals surface area contributed by atoms with Gasteiger partial charge in [-0.3, -0.25) is 9.89 Å². The molecule has 0 saturated heterocycles. The minimum Gasteiger partial charge on any atom is -0.314 e. The summed E-state index contributed by atoms with van der Waals surface area (Å²) >= 11 is 5.99. The fourth-order valence-electron chi connectivity index (χ4n) is 3.01. The van der Waals surface area contributed by atoms with E-state index in [1.165, 1.54) is 12.1 Å². The smallest absolute Gasteiger partial charge is 0.294 e. The predicted molar refractivity (Wildman–Crippen MR) is 114 cm³/mol. The van der Waals surface area contributed by atoms with E-state index in [0.717, 1.165) is 6.26 Å². The average molecular weight is 464 g/mol. The fourth-order valence-corrected chi connectivity index (χ4v) is 3.76. The summed E-state index contributed by atoms with van der Waals surface area (Å²) in [6.07, 6.45) is 1.30. The van der Waals surface area contributed by atoms with Crippen LogP contribution < -0.4 is 0 Å². The number of benzene rings is 2. The molecule has 2 aromatic carbocycles. The maximum absolute atomic E-state index is 12.8. The van der Waals surface area contributed by atoms with Crippen LogP contribution in [0.4, 0.5) is 0 Å². The molecule has 0 unspecified atom stereocenters. The molecule has 11 heteroatoms. The van der Waals surface area contributed by atoms with E-state index >= 15 is 0 Å². The summed E-state index contributed by atoms with van der Waals surface area (Å²) in [6.45, 7) is -0.192. The van der Waals surface area contributed by atoms with Crippen molar-refractivity contribution in [3.8, 4) is 22.4 Å². The third-order valence-corrected chi connectivity index (χ3v) is 5.86. The molecular formula is C20H18ClN3O6S. The molecule has 31 heavy (non-hydrogen) atoms. The normalized spacial score (nSPS) is 11.3. The van der Waals surface area contributed by atoms with Crippen LogP contribution in [0.1, 0.15) is 23.3 Å². The zero-order valence-electron chi connectivity index (χ0n) is 16.4. The maximum atomic E-state index is 12.8. The second-order valence-electron chi connectivity index (χ2n) is 6.71. The van der Waals surface area contributed by atoms with Gasteiger partial charge in [0.25, 0.3) is 5.09 Å². The predicted octanol–water partition coefficient (Wildman–Crippen LogP) is 3.97. The Morgan fingerprint density at radius 3 is 2.32 bits per heavy atom. The Morgan fingerprint density at radius 1 is 1.13 bits per heavy atom. The molecule has 9 nitrogen and oxygen atoms in total. The molecule has 1 aromatic heterocycles. The maximum Gasteiger partial charge on any atom is 0.294 e. The van der Waals surface area contributed by atoms with Gasteiger partial charge in [-0.1, -0.05) is 35.9 Å². The number of rotatable bonds is 9. The number of sulfone groups is 1. The molecule has 1 heterocycles. The summed E-state index contributed by atoms with van der Waals surface area (Å²) in [5.41, 5.74) is 2.54. The molecular weight excluding hydrogens is 446 g/mol. The van der Waals surface area contributed by atoms with E-state index in [1.807, 2.05) is 0 Å². The van der Waals surface area contributed by atoms with Gasteiger partial charge < -0.3 is 4.84 Å². The first-order valence-electron chi connectivity index (χ1n) is 9.12. The Kier molecular flexibility index (Phi) is 6.71. The van der Waals surface area contributed by atoms with Crippen LogP contribution in [-0.2, 0) is 14.7 Å². The number of aromatic nitrogens is 2. The third kappa shape index (κ3) is 5.47. The number of nitrogens with zero attached hydrogens (tertiary/aromatic N) is 2.